The molecule has 0 aliphatic carbocycles. The van der Waals surface area contributed by atoms with Crippen LogP contribution in [0.5, 0.6) is 0 Å². The van der Waals surface area contributed by atoms with Gasteiger partial charge >= 0.3 is 5.97 Å². The number of anilines is 1. The molecule has 1 aromatic rings. The molecule has 0 spiro atoms. The minimum atomic E-state index is -0.464. The standard InChI is InChI=1S/C10H11NO3.C2H6/c1-7(12)11-9-6-4-3-5-8(9)10(13)14-2;1-2/h3-6H,1-2H3,(H,11,12);1-2H3. The molecule has 88 valence electrons. The quantitative estimate of drug-likeness (QED) is 0.783. The van der Waals surface area contributed by atoms with Crippen LogP contribution in [0.15, 0.2) is 24.3 Å². The third-order valence-corrected chi connectivity index (χ3v) is 1.64. The van der Waals surface area contributed by atoms with Crippen molar-refractivity contribution in [2.75, 3.05) is 12.4 Å². The molecule has 1 rings (SSSR count). The number of rotatable bonds is 2. The summed E-state index contributed by atoms with van der Waals surface area (Å²) in [7, 11) is 1.30. The van der Waals surface area contributed by atoms with Crippen LogP contribution in [-0.4, -0.2) is 19.0 Å². The Morgan fingerprint density at radius 1 is 1.19 bits per heavy atom. The lowest BCUT2D eigenvalue weighted by Gasteiger charge is -2.06. The van der Waals surface area contributed by atoms with Crippen molar-refractivity contribution < 1.29 is 14.3 Å². The highest BCUT2D eigenvalue weighted by Gasteiger charge is 2.10. The third kappa shape index (κ3) is 4.13. The van der Waals surface area contributed by atoms with Crippen molar-refractivity contribution >= 4 is 17.6 Å². The summed E-state index contributed by atoms with van der Waals surface area (Å²) in [5, 5.41) is 2.55. The molecule has 0 unspecified atom stereocenters. The number of amides is 1. The van der Waals surface area contributed by atoms with Crippen molar-refractivity contribution in [3.8, 4) is 0 Å². The van der Waals surface area contributed by atoms with Crippen LogP contribution in [-0.2, 0) is 9.53 Å². The summed E-state index contributed by atoms with van der Waals surface area (Å²) in [6, 6.07) is 6.68. The average Bonchev–Trinajstić information content (AvgIpc) is 2.31. The summed E-state index contributed by atoms with van der Waals surface area (Å²) >= 11 is 0. The highest BCUT2D eigenvalue weighted by molar-refractivity contribution is 6.00. The van der Waals surface area contributed by atoms with E-state index < -0.39 is 5.97 Å². The van der Waals surface area contributed by atoms with E-state index >= 15 is 0 Å². The largest absolute Gasteiger partial charge is 0.465 e. The molecule has 0 atom stereocenters. The summed E-state index contributed by atoms with van der Waals surface area (Å²) < 4.78 is 4.57. The van der Waals surface area contributed by atoms with E-state index in [2.05, 4.69) is 10.1 Å². The van der Waals surface area contributed by atoms with Gasteiger partial charge in [0.05, 0.1) is 18.4 Å². The Bertz CT molecular complexity index is 361. The first kappa shape index (κ1) is 14.2. The molecular weight excluding hydrogens is 206 g/mol. The van der Waals surface area contributed by atoms with E-state index in [1.807, 2.05) is 13.8 Å². The van der Waals surface area contributed by atoms with Gasteiger partial charge in [0.2, 0.25) is 5.91 Å². The van der Waals surface area contributed by atoms with Crippen molar-refractivity contribution in [1.82, 2.24) is 0 Å². The number of ether oxygens (including phenoxy) is 1. The number of hydrogen-bond donors (Lipinski definition) is 1. The zero-order chi connectivity index (χ0) is 12.6. The van der Waals surface area contributed by atoms with Gasteiger partial charge in [-0.25, -0.2) is 4.79 Å². The van der Waals surface area contributed by atoms with E-state index in [9.17, 15) is 9.59 Å². The van der Waals surface area contributed by atoms with E-state index in [0.717, 1.165) is 0 Å². The minimum Gasteiger partial charge on any atom is -0.465 e. The number of esters is 1. The Morgan fingerprint density at radius 2 is 1.75 bits per heavy atom. The van der Waals surface area contributed by atoms with Crippen molar-refractivity contribution in [3.05, 3.63) is 29.8 Å². The minimum absolute atomic E-state index is 0.221. The highest BCUT2D eigenvalue weighted by Crippen LogP contribution is 2.15. The zero-order valence-corrected chi connectivity index (χ0v) is 10.0. The first-order valence-corrected chi connectivity index (χ1v) is 5.10. The molecule has 4 heteroatoms. The van der Waals surface area contributed by atoms with Crippen LogP contribution in [0.2, 0.25) is 0 Å². The fraction of sp³-hybridized carbons (Fsp3) is 0.333. The predicted molar refractivity (Wildman–Crippen MR) is 63.4 cm³/mol. The Hall–Kier alpha value is -1.84. The lowest BCUT2D eigenvalue weighted by atomic mass is 10.2. The maximum Gasteiger partial charge on any atom is 0.339 e. The van der Waals surface area contributed by atoms with Crippen LogP contribution in [0.1, 0.15) is 31.1 Å². The van der Waals surface area contributed by atoms with E-state index in [-0.39, 0.29) is 5.91 Å². The van der Waals surface area contributed by atoms with Gasteiger partial charge in [0.15, 0.2) is 0 Å². The Kier molecular flexibility index (Phi) is 6.59. The normalized spacial score (nSPS) is 8.50. The number of methoxy groups -OCH3 is 1. The van der Waals surface area contributed by atoms with Gasteiger partial charge in [-0.2, -0.15) is 0 Å². The van der Waals surface area contributed by atoms with Gasteiger partial charge in [-0.15, -0.1) is 0 Å². The van der Waals surface area contributed by atoms with Gasteiger partial charge in [-0.05, 0) is 12.1 Å². The molecule has 0 fully saturated rings. The van der Waals surface area contributed by atoms with Gasteiger partial charge in [0, 0.05) is 6.92 Å². The van der Waals surface area contributed by atoms with E-state index in [4.69, 9.17) is 0 Å². The van der Waals surface area contributed by atoms with Crippen LogP contribution < -0.4 is 5.32 Å². The van der Waals surface area contributed by atoms with Crippen LogP contribution in [0.3, 0.4) is 0 Å². The monoisotopic (exact) mass is 223 g/mol. The fourth-order valence-electron chi connectivity index (χ4n) is 1.07. The van der Waals surface area contributed by atoms with Crippen molar-refractivity contribution in [2.45, 2.75) is 20.8 Å². The topological polar surface area (TPSA) is 55.4 Å². The number of benzene rings is 1. The zero-order valence-electron chi connectivity index (χ0n) is 10.0. The van der Waals surface area contributed by atoms with Crippen LogP contribution >= 0.6 is 0 Å². The maximum atomic E-state index is 11.2. The summed E-state index contributed by atoms with van der Waals surface area (Å²) in [5.74, 6) is -0.685. The molecule has 1 N–H and O–H groups in total. The van der Waals surface area contributed by atoms with Crippen LogP contribution in [0.25, 0.3) is 0 Å². The SMILES string of the molecule is CC.COC(=O)c1ccccc1NC(C)=O. The molecule has 0 radical (unpaired) electrons. The smallest absolute Gasteiger partial charge is 0.339 e. The molecule has 1 amide bonds. The number of hydrogen-bond acceptors (Lipinski definition) is 3. The number of carbonyl (C=O) groups is 2. The summed E-state index contributed by atoms with van der Waals surface area (Å²) in [4.78, 5) is 22.1. The molecular formula is C12H17NO3. The van der Waals surface area contributed by atoms with Crippen molar-refractivity contribution in [1.29, 1.82) is 0 Å². The number of carbonyl (C=O) groups excluding carboxylic acids is 2. The number of para-hydroxylation sites is 1. The van der Waals surface area contributed by atoms with Crippen molar-refractivity contribution in [3.63, 3.8) is 0 Å². The predicted octanol–water partition coefficient (Wildman–Crippen LogP) is 2.46. The first-order chi connectivity index (χ1) is 7.65. The van der Waals surface area contributed by atoms with Gasteiger partial charge in [-0.1, -0.05) is 26.0 Å². The third-order valence-electron chi connectivity index (χ3n) is 1.64. The van der Waals surface area contributed by atoms with Gasteiger partial charge < -0.3 is 10.1 Å². The van der Waals surface area contributed by atoms with Crippen LogP contribution in [0.4, 0.5) is 5.69 Å². The Morgan fingerprint density at radius 3 is 2.25 bits per heavy atom. The molecule has 16 heavy (non-hydrogen) atoms. The maximum absolute atomic E-state index is 11.2. The van der Waals surface area contributed by atoms with E-state index in [1.165, 1.54) is 14.0 Å². The molecule has 0 heterocycles. The van der Waals surface area contributed by atoms with Crippen LogP contribution in [0, 0.1) is 0 Å². The van der Waals surface area contributed by atoms with E-state index in [0.29, 0.717) is 11.3 Å². The van der Waals surface area contributed by atoms with Gasteiger partial charge in [0.25, 0.3) is 0 Å². The molecule has 0 bridgehead atoms. The molecule has 0 aliphatic rings. The first-order valence-electron chi connectivity index (χ1n) is 5.10. The molecule has 0 saturated carbocycles. The van der Waals surface area contributed by atoms with Gasteiger partial charge in [-0.3, -0.25) is 4.79 Å². The second-order valence-electron chi connectivity index (χ2n) is 2.72. The summed E-state index contributed by atoms with van der Waals surface area (Å²) in [6.45, 7) is 5.38. The number of nitrogens with one attached hydrogen (secondary N) is 1. The van der Waals surface area contributed by atoms with E-state index in [1.54, 1.807) is 24.3 Å². The molecule has 1 aromatic carbocycles. The molecule has 0 aromatic heterocycles. The van der Waals surface area contributed by atoms with Gasteiger partial charge in [0.1, 0.15) is 0 Å². The molecule has 0 aliphatic heterocycles. The lowest BCUT2D eigenvalue weighted by molar-refractivity contribution is -0.114. The Labute approximate surface area is 95.6 Å². The second-order valence-corrected chi connectivity index (χ2v) is 2.72. The summed E-state index contributed by atoms with van der Waals surface area (Å²) in [5.41, 5.74) is 0.817. The highest BCUT2D eigenvalue weighted by atomic mass is 16.5. The Balaban J connectivity index is 0.00000106. The van der Waals surface area contributed by atoms with Crippen molar-refractivity contribution in [2.24, 2.45) is 0 Å². The average molecular weight is 223 g/mol. The summed E-state index contributed by atoms with van der Waals surface area (Å²) in [6.07, 6.45) is 0. The fourth-order valence-corrected chi connectivity index (χ4v) is 1.07. The molecule has 0 saturated heterocycles. The second kappa shape index (κ2) is 7.45. The lowest BCUT2D eigenvalue weighted by Crippen LogP contribution is -2.11. The molecule has 4 nitrogen and oxygen atoms in total.